The molecule has 0 radical (unpaired) electrons. The Kier molecular flexibility index (Phi) is 6.38. The summed E-state index contributed by atoms with van der Waals surface area (Å²) in [6.45, 7) is 19.1. The Hall–Kier alpha value is -1.20. The van der Waals surface area contributed by atoms with E-state index in [2.05, 4.69) is 48.5 Å². The largest absolute Gasteiger partial charge is 0.393 e. The summed E-state index contributed by atoms with van der Waals surface area (Å²) in [4.78, 5) is 30.2. The number of hydrogen-bond donors (Lipinski definition) is 1. The predicted molar refractivity (Wildman–Crippen MR) is 153 cm³/mol. The second-order valence-electron chi connectivity index (χ2n) is 16.1. The lowest BCUT2D eigenvalue weighted by Crippen LogP contribution is -2.66. The van der Waals surface area contributed by atoms with Gasteiger partial charge in [0.15, 0.2) is 5.78 Å². The van der Waals surface area contributed by atoms with Crippen molar-refractivity contribution in [1.82, 2.24) is 4.90 Å². The first kappa shape index (κ1) is 27.9. The van der Waals surface area contributed by atoms with Gasteiger partial charge in [0.2, 0.25) is 5.91 Å². The number of hydrogen-bond acceptors (Lipinski definition) is 4. The van der Waals surface area contributed by atoms with E-state index in [1.807, 2.05) is 4.90 Å². The maximum absolute atomic E-state index is 14.4. The van der Waals surface area contributed by atoms with Crippen LogP contribution in [0.3, 0.4) is 0 Å². The molecule has 1 saturated heterocycles. The minimum atomic E-state index is -0.639. The number of morpholine rings is 1. The van der Waals surface area contributed by atoms with E-state index in [1.54, 1.807) is 0 Å². The Morgan fingerprint density at radius 3 is 2.26 bits per heavy atom. The number of nitrogens with zero attached hydrogens (tertiary/aromatic N) is 1. The van der Waals surface area contributed by atoms with Gasteiger partial charge in [-0.25, -0.2) is 0 Å². The van der Waals surface area contributed by atoms with Crippen molar-refractivity contribution >= 4 is 11.7 Å². The summed E-state index contributed by atoms with van der Waals surface area (Å²) in [6, 6.07) is 0. The molecule has 5 heteroatoms. The molecular weight excluding hydrogens is 486 g/mol. The van der Waals surface area contributed by atoms with Crippen molar-refractivity contribution in [1.29, 1.82) is 0 Å². The van der Waals surface area contributed by atoms with E-state index in [9.17, 15) is 14.7 Å². The third-order valence-corrected chi connectivity index (χ3v) is 14.1. The Labute approximate surface area is 236 Å². The lowest BCUT2D eigenvalue weighted by molar-refractivity contribution is -0.228. The van der Waals surface area contributed by atoms with Crippen LogP contribution >= 0.6 is 0 Å². The smallest absolute Gasteiger partial charge is 0.233 e. The number of aliphatic hydroxyl groups excluding tert-OH is 1. The van der Waals surface area contributed by atoms with Gasteiger partial charge in [-0.05, 0) is 108 Å². The van der Waals surface area contributed by atoms with Crippen LogP contribution in [-0.4, -0.2) is 54.1 Å². The maximum Gasteiger partial charge on any atom is 0.233 e. The van der Waals surface area contributed by atoms with Crippen LogP contribution in [0.25, 0.3) is 0 Å². The standard InChI is InChI=1S/C34H53NO4/c1-21(2)27-23(36)20-34(29(38)35-16-18-39-19-17-35)15-14-32(6)22(28(27)34)8-9-25-31(5)12-11-26(37)30(3,4)24(31)10-13-33(25,32)7/h21-22,24-26,37H,8-20H2,1-7H3/t22-,24+,25-,26+,31+,32-,33-,34-/m1/s1. The van der Waals surface area contributed by atoms with Crippen LogP contribution in [0.1, 0.15) is 106 Å². The molecule has 1 heterocycles. The van der Waals surface area contributed by atoms with E-state index >= 15 is 0 Å². The highest BCUT2D eigenvalue weighted by Crippen LogP contribution is 2.76. The normalized spacial score (nSPS) is 47.4. The fourth-order valence-electron chi connectivity index (χ4n) is 11.9. The fraction of sp³-hybridized carbons (Fsp3) is 0.882. The van der Waals surface area contributed by atoms with Crippen LogP contribution in [-0.2, 0) is 14.3 Å². The van der Waals surface area contributed by atoms with Crippen LogP contribution in [0.15, 0.2) is 11.1 Å². The van der Waals surface area contributed by atoms with Gasteiger partial charge in [0.1, 0.15) is 0 Å². The molecule has 5 aliphatic carbocycles. The molecule has 0 bridgehead atoms. The van der Waals surface area contributed by atoms with Crippen LogP contribution in [0, 0.1) is 50.7 Å². The monoisotopic (exact) mass is 539 g/mol. The zero-order valence-corrected chi connectivity index (χ0v) is 25.7. The van der Waals surface area contributed by atoms with Crippen LogP contribution in [0.4, 0.5) is 0 Å². The number of ether oxygens (including phenoxy) is 1. The van der Waals surface area contributed by atoms with Crippen molar-refractivity contribution in [3.63, 3.8) is 0 Å². The Bertz CT molecular complexity index is 1090. The highest BCUT2D eigenvalue weighted by Gasteiger charge is 2.71. The summed E-state index contributed by atoms with van der Waals surface area (Å²) in [5, 5.41) is 11.0. The topological polar surface area (TPSA) is 66.8 Å². The molecule has 4 saturated carbocycles. The molecule has 1 amide bonds. The van der Waals surface area contributed by atoms with Gasteiger partial charge in [-0.2, -0.15) is 0 Å². The van der Waals surface area contributed by atoms with E-state index in [0.717, 1.165) is 37.7 Å². The molecule has 6 aliphatic rings. The summed E-state index contributed by atoms with van der Waals surface area (Å²) in [5.41, 5.74) is 2.02. The minimum absolute atomic E-state index is 0.0520. The van der Waals surface area contributed by atoms with Gasteiger partial charge in [0.05, 0.1) is 24.7 Å². The van der Waals surface area contributed by atoms with Gasteiger partial charge < -0.3 is 14.7 Å². The van der Waals surface area contributed by atoms with Crippen LogP contribution < -0.4 is 0 Å². The molecule has 0 aromatic heterocycles. The molecule has 5 nitrogen and oxygen atoms in total. The Morgan fingerprint density at radius 1 is 0.897 bits per heavy atom. The number of ketones is 1. The van der Waals surface area contributed by atoms with Gasteiger partial charge in [0.25, 0.3) is 0 Å². The number of rotatable bonds is 2. The van der Waals surface area contributed by atoms with Crippen molar-refractivity contribution in [3.05, 3.63) is 11.1 Å². The van der Waals surface area contributed by atoms with Gasteiger partial charge in [-0.15, -0.1) is 0 Å². The van der Waals surface area contributed by atoms with Gasteiger partial charge in [-0.3, -0.25) is 9.59 Å². The quantitative estimate of drug-likeness (QED) is 0.455. The lowest BCUT2D eigenvalue weighted by Gasteiger charge is -2.72. The van der Waals surface area contributed by atoms with Gasteiger partial charge >= 0.3 is 0 Å². The average molecular weight is 540 g/mol. The maximum atomic E-state index is 14.4. The molecular formula is C34H53NO4. The van der Waals surface area contributed by atoms with Crippen molar-refractivity contribution in [2.24, 2.45) is 50.7 Å². The van der Waals surface area contributed by atoms with E-state index < -0.39 is 5.41 Å². The van der Waals surface area contributed by atoms with Gasteiger partial charge in [-0.1, -0.05) is 48.5 Å². The second-order valence-corrected chi connectivity index (χ2v) is 16.1. The minimum Gasteiger partial charge on any atom is -0.393 e. The zero-order chi connectivity index (χ0) is 28.2. The number of aliphatic hydroxyl groups is 1. The van der Waals surface area contributed by atoms with Crippen molar-refractivity contribution in [2.45, 2.75) is 112 Å². The molecule has 0 aromatic rings. The predicted octanol–water partition coefficient (Wildman–Crippen LogP) is 6.19. The second kappa shape index (κ2) is 8.90. The molecule has 1 N–H and O–H groups in total. The summed E-state index contributed by atoms with van der Waals surface area (Å²) in [5.74, 6) is 2.03. The number of carbonyl (C=O) groups is 2. The van der Waals surface area contributed by atoms with Crippen molar-refractivity contribution in [3.8, 4) is 0 Å². The molecule has 5 fully saturated rings. The van der Waals surface area contributed by atoms with Crippen LogP contribution in [0.5, 0.6) is 0 Å². The molecule has 218 valence electrons. The third kappa shape index (κ3) is 3.50. The van der Waals surface area contributed by atoms with Crippen molar-refractivity contribution < 1.29 is 19.4 Å². The molecule has 39 heavy (non-hydrogen) atoms. The summed E-state index contributed by atoms with van der Waals surface area (Å²) in [7, 11) is 0. The van der Waals surface area contributed by atoms with E-state index in [1.165, 1.54) is 24.8 Å². The third-order valence-electron chi connectivity index (χ3n) is 14.1. The average Bonchev–Trinajstić information content (AvgIpc) is 3.20. The van der Waals surface area contributed by atoms with Crippen LogP contribution in [0.2, 0.25) is 0 Å². The SMILES string of the molecule is CC(C)C1=C2[C@H]3CC[C@@H]4[C@@]5(C)CC[C@H](O)C(C)(C)[C@@H]5CC[C@@]4(C)[C@]3(C)CC[C@@]2(C(=O)N2CCOCC2)CC1=O. The first-order valence-corrected chi connectivity index (χ1v) is 16.1. The fourth-order valence-corrected chi connectivity index (χ4v) is 11.9. The highest BCUT2D eigenvalue weighted by molar-refractivity contribution is 6.07. The first-order valence-electron chi connectivity index (χ1n) is 16.1. The molecule has 0 aromatic carbocycles. The summed E-state index contributed by atoms with van der Waals surface area (Å²) in [6.07, 6.45) is 8.62. The number of carbonyl (C=O) groups excluding carboxylic acids is 2. The molecule has 6 rings (SSSR count). The number of amides is 1. The van der Waals surface area contributed by atoms with E-state index in [4.69, 9.17) is 4.74 Å². The summed E-state index contributed by atoms with van der Waals surface area (Å²) >= 11 is 0. The number of allylic oxidation sites excluding steroid dienone is 1. The molecule has 8 atom stereocenters. The first-order chi connectivity index (χ1) is 18.2. The Balaban J connectivity index is 1.43. The van der Waals surface area contributed by atoms with Crippen molar-refractivity contribution in [2.75, 3.05) is 26.3 Å². The van der Waals surface area contributed by atoms with Gasteiger partial charge in [0, 0.05) is 19.5 Å². The molecule has 0 spiro atoms. The lowest BCUT2D eigenvalue weighted by atomic mass is 9.33. The summed E-state index contributed by atoms with van der Waals surface area (Å²) < 4.78 is 5.59. The van der Waals surface area contributed by atoms with E-state index in [0.29, 0.717) is 50.5 Å². The Morgan fingerprint density at radius 2 is 1.59 bits per heavy atom. The van der Waals surface area contributed by atoms with E-state index in [-0.39, 0.29) is 45.4 Å². The molecule has 0 unspecified atom stereocenters. The molecule has 1 aliphatic heterocycles. The number of Topliss-reactive ketones (excluding diaryl/α,β-unsaturated/α-hetero) is 1. The highest BCUT2D eigenvalue weighted by atomic mass is 16.5. The number of fused-ring (bicyclic) bond motifs is 7. The zero-order valence-electron chi connectivity index (χ0n) is 25.7.